The van der Waals surface area contributed by atoms with E-state index in [1.165, 1.54) is 19.3 Å². The van der Waals surface area contributed by atoms with Crippen LogP contribution in [0.2, 0.25) is 0 Å². The van der Waals surface area contributed by atoms with Gasteiger partial charge in [0.05, 0.1) is 6.61 Å². The summed E-state index contributed by atoms with van der Waals surface area (Å²) in [4.78, 5) is 21.9. The molecule has 0 saturated heterocycles. The smallest absolute Gasteiger partial charge is 0.396 e. The average Bonchev–Trinajstić information content (AvgIpc) is 2.23. The molecule has 0 aromatic rings. The Morgan fingerprint density at radius 3 is 2.33 bits per heavy atom. The van der Waals surface area contributed by atoms with E-state index in [4.69, 9.17) is 0 Å². The Balaban J connectivity index is 3.35. The van der Waals surface area contributed by atoms with E-state index in [9.17, 15) is 9.59 Å². The molecule has 0 unspecified atom stereocenters. The van der Waals surface area contributed by atoms with Gasteiger partial charge >= 0.3 is 11.9 Å². The van der Waals surface area contributed by atoms with Crippen molar-refractivity contribution in [2.45, 2.75) is 46.0 Å². The van der Waals surface area contributed by atoms with Crippen molar-refractivity contribution < 1.29 is 14.3 Å². The Labute approximate surface area is 91.4 Å². The molecule has 1 N–H and O–H groups in total. The molecule has 0 aliphatic carbocycles. The van der Waals surface area contributed by atoms with E-state index in [1.54, 1.807) is 6.92 Å². The Morgan fingerprint density at radius 2 is 1.73 bits per heavy atom. The van der Waals surface area contributed by atoms with Crippen LogP contribution in [-0.2, 0) is 14.3 Å². The summed E-state index contributed by atoms with van der Waals surface area (Å²) in [6.07, 6.45) is 5.63. The predicted molar refractivity (Wildman–Crippen MR) is 58.4 cm³/mol. The molecule has 0 spiro atoms. The summed E-state index contributed by atoms with van der Waals surface area (Å²) in [7, 11) is 0. The third kappa shape index (κ3) is 7.97. The first-order valence-corrected chi connectivity index (χ1v) is 5.67. The summed E-state index contributed by atoms with van der Waals surface area (Å²) >= 11 is 0. The Kier molecular flexibility index (Phi) is 8.82. The minimum atomic E-state index is -0.786. The summed E-state index contributed by atoms with van der Waals surface area (Å²) < 4.78 is 4.55. The van der Waals surface area contributed by atoms with Crippen LogP contribution >= 0.6 is 0 Å². The molecule has 0 aromatic heterocycles. The fourth-order valence-corrected chi connectivity index (χ4v) is 1.20. The normalized spacial score (nSPS) is 9.73. The van der Waals surface area contributed by atoms with Crippen LogP contribution in [0.3, 0.4) is 0 Å². The third-order valence-electron chi connectivity index (χ3n) is 2.03. The van der Waals surface area contributed by atoms with Gasteiger partial charge in [0.2, 0.25) is 0 Å². The van der Waals surface area contributed by atoms with Gasteiger partial charge in [-0.25, -0.2) is 4.79 Å². The standard InChI is InChI=1S/C11H21NO3/c1-3-5-6-7-8-9-12-10(13)11(14)15-4-2/h3-9H2,1-2H3,(H,12,13). The largest absolute Gasteiger partial charge is 0.459 e. The maximum absolute atomic E-state index is 11.0. The van der Waals surface area contributed by atoms with Gasteiger partial charge in [-0.05, 0) is 13.3 Å². The number of carbonyl (C=O) groups excluding carboxylic acids is 2. The van der Waals surface area contributed by atoms with Crippen LogP contribution < -0.4 is 5.32 Å². The molecule has 0 heterocycles. The molecule has 0 radical (unpaired) electrons. The number of esters is 1. The van der Waals surface area contributed by atoms with Gasteiger partial charge in [0.25, 0.3) is 0 Å². The first-order valence-electron chi connectivity index (χ1n) is 5.67. The summed E-state index contributed by atoms with van der Waals surface area (Å²) in [6.45, 7) is 4.63. The lowest BCUT2D eigenvalue weighted by Gasteiger charge is -2.04. The molecule has 88 valence electrons. The minimum absolute atomic E-state index is 0.239. The van der Waals surface area contributed by atoms with Gasteiger partial charge in [0, 0.05) is 6.54 Å². The van der Waals surface area contributed by atoms with Crippen LogP contribution in [0, 0.1) is 0 Å². The maximum Gasteiger partial charge on any atom is 0.396 e. The molecule has 0 aromatic carbocycles. The Hall–Kier alpha value is -1.06. The molecular weight excluding hydrogens is 194 g/mol. The molecule has 0 bridgehead atoms. The second-order valence-corrected chi connectivity index (χ2v) is 3.39. The first kappa shape index (κ1) is 13.9. The van der Waals surface area contributed by atoms with Gasteiger partial charge in [-0.3, -0.25) is 4.79 Å². The number of unbranched alkanes of at least 4 members (excludes halogenated alkanes) is 4. The molecule has 0 atom stereocenters. The van der Waals surface area contributed by atoms with Gasteiger partial charge in [-0.1, -0.05) is 32.6 Å². The predicted octanol–water partition coefficient (Wildman–Crippen LogP) is 1.64. The molecule has 15 heavy (non-hydrogen) atoms. The quantitative estimate of drug-likeness (QED) is 0.399. The molecule has 0 fully saturated rings. The zero-order valence-corrected chi connectivity index (χ0v) is 9.67. The van der Waals surface area contributed by atoms with Crippen molar-refractivity contribution in [1.82, 2.24) is 5.32 Å². The monoisotopic (exact) mass is 215 g/mol. The number of amides is 1. The zero-order valence-electron chi connectivity index (χ0n) is 9.67. The van der Waals surface area contributed by atoms with E-state index < -0.39 is 11.9 Å². The number of nitrogens with one attached hydrogen (secondary N) is 1. The Morgan fingerprint density at radius 1 is 1.07 bits per heavy atom. The lowest BCUT2D eigenvalue weighted by Crippen LogP contribution is -2.33. The van der Waals surface area contributed by atoms with Crippen molar-refractivity contribution >= 4 is 11.9 Å². The molecule has 0 rings (SSSR count). The zero-order chi connectivity index (χ0) is 11.5. The van der Waals surface area contributed by atoms with E-state index in [0.29, 0.717) is 6.54 Å². The highest BCUT2D eigenvalue weighted by molar-refractivity contribution is 6.32. The molecule has 0 aliphatic rings. The molecule has 1 amide bonds. The summed E-state index contributed by atoms with van der Waals surface area (Å²) in [6, 6.07) is 0. The van der Waals surface area contributed by atoms with Crippen molar-refractivity contribution in [2.24, 2.45) is 0 Å². The Bertz CT molecular complexity index is 192. The van der Waals surface area contributed by atoms with Crippen molar-refractivity contribution in [3.05, 3.63) is 0 Å². The lowest BCUT2D eigenvalue weighted by molar-refractivity contribution is -0.154. The fourth-order valence-electron chi connectivity index (χ4n) is 1.20. The lowest BCUT2D eigenvalue weighted by atomic mass is 10.1. The van der Waals surface area contributed by atoms with Crippen LogP contribution in [-0.4, -0.2) is 25.0 Å². The van der Waals surface area contributed by atoms with Crippen LogP contribution in [0.5, 0.6) is 0 Å². The van der Waals surface area contributed by atoms with Gasteiger partial charge < -0.3 is 10.1 Å². The summed E-state index contributed by atoms with van der Waals surface area (Å²) in [5.74, 6) is -1.42. The molecule has 4 nitrogen and oxygen atoms in total. The van der Waals surface area contributed by atoms with Crippen LogP contribution in [0.15, 0.2) is 0 Å². The fraction of sp³-hybridized carbons (Fsp3) is 0.818. The van der Waals surface area contributed by atoms with Crippen molar-refractivity contribution in [3.8, 4) is 0 Å². The van der Waals surface area contributed by atoms with E-state index in [1.807, 2.05) is 0 Å². The van der Waals surface area contributed by atoms with Gasteiger partial charge in [0.1, 0.15) is 0 Å². The number of hydrogen-bond acceptors (Lipinski definition) is 3. The van der Waals surface area contributed by atoms with E-state index in [2.05, 4.69) is 17.0 Å². The number of carbonyl (C=O) groups is 2. The SMILES string of the molecule is CCCCCCCNC(=O)C(=O)OCC. The van der Waals surface area contributed by atoms with E-state index in [-0.39, 0.29) is 6.61 Å². The molecule has 0 saturated carbocycles. The summed E-state index contributed by atoms with van der Waals surface area (Å²) in [5, 5.41) is 2.53. The van der Waals surface area contributed by atoms with E-state index in [0.717, 1.165) is 12.8 Å². The van der Waals surface area contributed by atoms with E-state index >= 15 is 0 Å². The van der Waals surface area contributed by atoms with Gasteiger partial charge in [-0.15, -0.1) is 0 Å². The van der Waals surface area contributed by atoms with Crippen LogP contribution in [0.1, 0.15) is 46.0 Å². The first-order chi connectivity index (χ1) is 7.22. The second-order valence-electron chi connectivity index (χ2n) is 3.39. The minimum Gasteiger partial charge on any atom is -0.459 e. The van der Waals surface area contributed by atoms with Crippen LogP contribution in [0.25, 0.3) is 0 Å². The number of rotatable bonds is 7. The highest BCUT2D eigenvalue weighted by atomic mass is 16.5. The van der Waals surface area contributed by atoms with Crippen molar-refractivity contribution in [3.63, 3.8) is 0 Å². The van der Waals surface area contributed by atoms with Gasteiger partial charge in [-0.2, -0.15) is 0 Å². The molecule has 0 aliphatic heterocycles. The summed E-state index contributed by atoms with van der Waals surface area (Å²) in [5.41, 5.74) is 0. The van der Waals surface area contributed by atoms with Crippen molar-refractivity contribution in [2.75, 3.05) is 13.2 Å². The number of hydrogen-bond donors (Lipinski definition) is 1. The number of ether oxygens (including phenoxy) is 1. The highest BCUT2D eigenvalue weighted by Gasteiger charge is 2.12. The second kappa shape index (κ2) is 9.49. The molecule has 4 heteroatoms. The molecular formula is C11H21NO3. The third-order valence-corrected chi connectivity index (χ3v) is 2.03. The van der Waals surface area contributed by atoms with Gasteiger partial charge in [0.15, 0.2) is 0 Å². The van der Waals surface area contributed by atoms with Crippen LogP contribution in [0.4, 0.5) is 0 Å². The maximum atomic E-state index is 11.0. The van der Waals surface area contributed by atoms with Crippen molar-refractivity contribution in [1.29, 1.82) is 0 Å². The topological polar surface area (TPSA) is 55.4 Å². The average molecular weight is 215 g/mol. The highest BCUT2D eigenvalue weighted by Crippen LogP contribution is 2.00.